The van der Waals surface area contributed by atoms with Crippen molar-refractivity contribution in [2.24, 2.45) is 0 Å². The van der Waals surface area contributed by atoms with Gasteiger partial charge in [0.25, 0.3) is 0 Å². The average molecular weight is 675 g/mol. The summed E-state index contributed by atoms with van der Waals surface area (Å²) in [5.74, 6) is 0. The Labute approximate surface area is 298 Å². The van der Waals surface area contributed by atoms with Gasteiger partial charge in [-0.2, -0.15) is 0 Å². The molecule has 3 aromatic carbocycles. The minimum absolute atomic E-state index is 0.312. The number of hydrogen-bond acceptors (Lipinski definition) is 5. The Morgan fingerprint density at radius 2 is 0.939 bits per heavy atom. The zero-order valence-corrected chi connectivity index (χ0v) is 30.7. The fourth-order valence-corrected chi connectivity index (χ4v) is 6.52. The van der Waals surface area contributed by atoms with Crippen LogP contribution in [0.1, 0.15) is 133 Å². The van der Waals surface area contributed by atoms with Crippen LogP contribution >= 0.6 is 0 Å². The number of unbranched alkanes of at least 4 members (excludes halogenated alkanes) is 13. The van der Waals surface area contributed by atoms with Crippen molar-refractivity contribution in [3.05, 3.63) is 108 Å². The molecule has 5 nitrogen and oxygen atoms in total. The second-order valence-corrected chi connectivity index (χ2v) is 13.3. The number of aliphatic hydroxyl groups is 1. The van der Waals surface area contributed by atoms with Crippen LogP contribution in [0.15, 0.2) is 91.0 Å². The molecule has 49 heavy (non-hydrogen) atoms. The van der Waals surface area contributed by atoms with Gasteiger partial charge in [-0.1, -0.05) is 195 Å². The first-order valence-electron chi connectivity index (χ1n) is 19.5. The zero-order valence-electron chi connectivity index (χ0n) is 30.7. The van der Waals surface area contributed by atoms with E-state index in [9.17, 15) is 5.11 Å². The monoisotopic (exact) mass is 674 g/mol. The molecule has 0 amide bonds. The Morgan fingerprint density at radius 1 is 0.510 bits per heavy atom. The Morgan fingerprint density at radius 3 is 1.39 bits per heavy atom. The molecule has 0 bridgehead atoms. The van der Waals surface area contributed by atoms with Crippen molar-refractivity contribution in [3.63, 3.8) is 0 Å². The van der Waals surface area contributed by atoms with Crippen molar-refractivity contribution in [2.75, 3.05) is 33.0 Å². The maximum Gasteiger partial charge on any atom is 0.157 e. The SMILES string of the molecule is CCCCCCCCCCCCCCCCC(O)COC(CC)OCCOCCOC(c1ccccc1)(c1ccccc1)c1ccccc1. The maximum absolute atomic E-state index is 10.4. The normalized spacial score (nSPS) is 13.0. The Bertz CT molecular complexity index is 1060. The van der Waals surface area contributed by atoms with E-state index in [1.165, 1.54) is 83.5 Å². The highest BCUT2D eigenvalue weighted by atomic mass is 16.7. The topological polar surface area (TPSA) is 57.2 Å². The van der Waals surface area contributed by atoms with E-state index in [1.54, 1.807) is 0 Å². The fourth-order valence-electron chi connectivity index (χ4n) is 6.52. The lowest BCUT2D eigenvalue weighted by atomic mass is 9.80. The molecule has 0 radical (unpaired) electrons. The lowest BCUT2D eigenvalue weighted by Gasteiger charge is -2.36. The standard InChI is InChI=1S/C44H66O5/c1-3-5-6-7-8-9-10-11-12-13-14-15-16-26-33-42(45)38-48-43(4-2)47-36-34-46-35-37-49-44(39-27-20-17-21-28-39,40-29-22-18-23-30-40)41-31-24-19-25-32-41/h17-25,27-32,42-43,45H,3-16,26,33-38H2,1-2H3. The number of rotatable bonds is 30. The highest BCUT2D eigenvalue weighted by Gasteiger charge is 2.37. The molecule has 0 aliphatic rings. The van der Waals surface area contributed by atoms with Crippen molar-refractivity contribution < 1.29 is 24.1 Å². The van der Waals surface area contributed by atoms with Crippen molar-refractivity contribution >= 4 is 0 Å². The number of hydrogen-bond donors (Lipinski definition) is 1. The smallest absolute Gasteiger partial charge is 0.157 e. The second-order valence-electron chi connectivity index (χ2n) is 13.3. The van der Waals surface area contributed by atoms with Crippen LogP contribution in [0.25, 0.3) is 0 Å². The fraction of sp³-hybridized carbons (Fsp3) is 0.591. The largest absolute Gasteiger partial charge is 0.391 e. The molecule has 0 spiro atoms. The molecule has 0 saturated carbocycles. The summed E-state index contributed by atoms with van der Waals surface area (Å²) < 4.78 is 24.5. The molecular formula is C44H66O5. The molecule has 0 aliphatic carbocycles. The average Bonchev–Trinajstić information content (AvgIpc) is 3.15. The van der Waals surface area contributed by atoms with E-state index in [-0.39, 0.29) is 6.29 Å². The molecule has 2 unspecified atom stereocenters. The molecule has 0 saturated heterocycles. The predicted octanol–water partition coefficient (Wildman–Crippen LogP) is 11.0. The molecule has 0 aromatic heterocycles. The number of ether oxygens (including phenoxy) is 4. The van der Waals surface area contributed by atoms with E-state index in [2.05, 4.69) is 79.7 Å². The van der Waals surface area contributed by atoms with Gasteiger partial charge in [-0.05, 0) is 29.5 Å². The lowest BCUT2D eigenvalue weighted by Crippen LogP contribution is -2.34. The van der Waals surface area contributed by atoms with E-state index in [4.69, 9.17) is 18.9 Å². The first kappa shape index (κ1) is 40.9. The summed E-state index contributed by atoms with van der Waals surface area (Å²) >= 11 is 0. The second kappa shape index (κ2) is 26.3. The van der Waals surface area contributed by atoms with Crippen LogP contribution in [0, 0.1) is 0 Å². The predicted molar refractivity (Wildman–Crippen MR) is 203 cm³/mol. The van der Waals surface area contributed by atoms with Crippen LogP contribution < -0.4 is 0 Å². The van der Waals surface area contributed by atoms with Gasteiger partial charge in [-0.3, -0.25) is 0 Å². The van der Waals surface area contributed by atoms with E-state index >= 15 is 0 Å². The van der Waals surface area contributed by atoms with E-state index in [1.807, 2.05) is 25.1 Å². The van der Waals surface area contributed by atoms with Crippen molar-refractivity contribution in [2.45, 2.75) is 135 Å². The third-order valence-electron chi connectivity index (χ3n) is 9.32. The molecule has 0 fully saturated rings. The third-order valence-corrected chi connectivity index (χ3v) is 9.32. The van der Waals surface area contributed by atoms with Crippen LogP contribution in [0.5, 0.6) is 0 Å². The summed E-state index contributed by atoms with van der Waals surface area (Å²) in [6.45, 7) is 6.35. The molecule has 2 atom stereocenters. The Hall–Kier alpha value is -2.54. The molecule has 0 aliphatic heterocycles. The summed E-state index contributed by atoms with van der Waals surface area (Å²) in [4.78, 5) is 0. The van der Waals surface area contributed by atoms with Crippen molar-refractivity contribution in [3.8, 4) is 0 Å². The minimum Gasteiger partial charge on any atom is -0.391 e. The zero-order chi connectivity index (χ0) is 34.7. The van der Waals surface area contributed by atoms with Gasteiger partial charge < -0.3 is 24.1 Å². The van der Waals surface area contributed by atoms with E-state index < -0.39 is 11.7 Å². The first-order chi connectivity index (χ1) is 24.2. The third kappa shape index (κ3) is 15.9. The number of aliphatic hydroxyl groups excluding tert-OH is 1. The molecular weight excluding hydrogens is 608 g/mol. The quantitative estimate of drug-likeness (QED) is 0.0433. The van der Waals surface area contributed by atoms with Crippen molar-refractivity contribution in [1.29, 1.82) is 0 Å². The Kier molecular flexibility index (Phi) is 21.9. The summed E-state index contributed by atoms with van der Waals surface area (Å²) in [6.07, 6.45) is 19.5. The van der Waals surface area contributed by atoms with Crippen molar-refractivity contribution in [1.82, 2.24) is 0 Å². The van der Waals surface area contributed by atoms with Gasteiger partial charge in [0, 0.05) is 0 Å². The molecule has 5 heteroatoms. The lowest BCUT2D eigenvalue weighted by molar-refractivity contribution is -0.166. The van der Waals surface area contributed by atoms with Gasteiger partial charge >= 0.3 is 0 Å². The van der Waals surface area contributed by atoms with E-state index in [0.717, 1.165) is 36.0 Å². The number of benzene rings is 3. The highest BCUT2D eigenvalue weighted by molar-refractivity contribution is 5.47. The van der Waals surface area contributed by atoms with Gasteiger partial charge in [0.2, 0.25) is 0 Å². The molecule has 272 valence electrons. The van der Waals surface area contributed by atoms with Crippen LogP contribution in [0.4, 0.5) is 0 Å². The molecule has 3 rings (SSSR count). The molecule has 0 heterocycles. The molecule has 1 N–H and O–H groups in total. The van der Waals surface area contributed by atoms with Crippen LogP contribution in [-0.4, -0.2) is 50.5 Å². The van der Waals surface area contributed by atoms with Crippen LogP contribution in [0.2, 0.25) is 0 Å². The summed E-state index contributed by atoms with van der Waals surface area (Å²) in [6, 6.07) is 31.1. The van der Waals surface area contributed by atoms with Crippen LogP contribution in [-0.2, 0) is 24.5 Å². The summed E-state index contributed by atoms with van der Waals surface area (Å²) in [5.41, 5.74) is 2.47. The summed E-state index contributed by atoms with van der Waals surface area (Å²) in [7, 11) is 0. The van der Waals surface area contributed by atoms with E-state index in [0.29, 0.717) is 33.0 Å². The van der Waals surface area contributed by atoms with Gasteiger partial charge in [0.05, 0.1) is 39.1 Å². The van der Waals surface area contributed by atoms with Gasteiger partial charge in [0.15, 0.2) is 6.29 Å². The Balaban J connectivity index is 1.26. The van der Waals surface area contributed by atoms with Crippen LogP contribution in [0.3, 0.4) is 0 Å². The first-order valence-corrected chi connectivity index (χ1v) is 19.5. The molecule has 3 aromatic rings. The summed E-state index contributed by atoms with van der Waals surface area (Å²) in [5, 5.41) is 10.4. The van der Waals surface area contributed by atoms with Gasteiger partial charge in [-0.25, -0.2) is 0 Å². The minimum atomic E-state index is -0.752. The van der Waals surface area contributed by atoms with Gasteiger partial charge in [0.1, 0.15) is 5.60 Å². The maximum atomic E-state index is 10.4. The highest BCUT2D eigenvalue weighted by Crippen LogP contribution is 2.40. The van der Waals surface area contributed by atoms with Gasteiger partial charge in [-0.15, -0.1) is 0 Å².